The highest BCUT2D eigenvalue weighted by molar-refractivity contribution is 5.78. The number of carbonyl (C=O) groups excluding carboxylic acids is 1. The van der Waals surface area contributed by atoms with Gasteiger partial charge in [-0.3, -0.25) is 14.7 Å². The highest BCUT2D eigenvalue weighted by Gasteiger charge is 2.13. The van der Waals surface area contributed by atoms with Crippen molar-refractivity contribution in [1.29, 1.82) is 0 Å². The number of aromatic nitrogens is 4. The Balaban J connectivity index is 1.71. The molecule has 2 aromatic heterocycles. The number of nitrogens with one attached hydrogen (secondary N) is 2. The van der Waals surface area contributed by atoms with Crippen molar-refractivity contribution in [2.24, 2.45) is 0 Å². The van der Waals surface area contributed by atoms with E-state index in [-0.39, 0.29) is 5.91 Å². The molecule has 0 aliphatic carbocycles. The number of pyridine rings is 1. The topological polar surface area (TPSA) is 95.9 Å². The second-order valence-electron chi connectivity index (χ2n) is 7.58. The molecule has 4 rings (SSSR count). The van der Waals surface area contributed by atoms with Gasteiger partial charge in [-0.1, -0.05) is 12.1 Å². The van der Waals surface area contributed by atoms with Gasteiger partial charge in [-0.25, -0.2) is 9.97 Å². The Bertz CT molecular complexity index is 1050. The molecule has 4 bridgehead atoms. The van der Waals surface area contributed by atoms with Gasteiger partial charge in [-0.2, -0.15) is 4.98 Å². The molecule has 154 valence electrons. The molecule has 0 unspecified atom stereocenters. The van der Waals surface area contributed by atoms with Crippen molar-refractivity contribution in [2.75, 3.05) is 25.5 Å². The third-order valence-corrected chi connectivity index (χ3v) is 4.94. The number of likely N-dealkylation sites (N-methyl/N-ethyl adjacent to an activating group) is 1. The van der Waals surface area contributed by atoms with Gasteiger partial charge in [0.15, 0.2) is 5.82 Å². The van der Waals surface area contributed by atoms with E-state index in [4.69, 9.17) is 0 Å². The predicted octanol–water partition coefficient (Wildman–Crippen LogP) is 2.48. The highest BCUT2D eigenvalue weighted by atomic mass is 16.2. The summed E-state index contributed by atoms with van der Waals surface area (Å²) >= 11 is 0. The second-order valence-corrected chi connectivity index (χ2v) is 7.58. The zero-order valence-corrected chi connectivity index (χ0v) is 17.2. The molecule has 0 saturated carbocycles. The third-order valence-electron chi connectivity index (χ3n) is 4.94. The molecule has 0 saturated heterocycles. The van der Waals surface area contributed by atoms with Crippen LogP contribution in [0.25, 0.3) is 11.4 Å². The molecule has 1 amide bonds. The van der Waals surface area contributed by atoms with Crippen LogP contribution < -0.4 is 10.6 Å². The summed E-state index contributed by atoms with van der Waals surface area (Å²) < 4.78 is 0. The van der Waals surface area contributed by atoms with E-state index in [2.05, 4.69) is 48.8 Å². The molecule has 0 atom stereocenters. The van der Waals surface area contributed by atoms with E-state index >= 15 is 0 Å². The minimum Gasteiger partial charge on any atom is -0.355 e. The average molecular weight is 403 g/mol. The number of fused-ring (bicyclic) bond motifs is 6. The number of aryl methyl sites for hydroxylation is 2. The van der Waals surface area contributed by atoms with Gasteiger partial charge in [-0.15, -0.1) is 0 Å². The molecule has 0 spiro atoms. The van der Waals surface area contributed by atoms with Gasteiger partial charge in [0.25, 0.3) is 0 Å². The van der Waals surface area contributed by atoms with Gasteiger partial charge in [-0.05, 0) is 56.1 Å². The third kappa shape index (κ3) is 4.96. The molecule has 8 nitrogen and oxygen atoms in total. The van der Waals surface area contributed by atoms with E-state index in [1.807, 2.05) is 31.0 Å². The molecule has 30 heavy (non-hydrogen) atoms. The quantitative estimate of drug-likeness (QED) is 0.595. The Labute approximate surface area is 175 Å². The molecular formula is C22H25N7O. The van der Waals surface area contributed by atoms with Crippen LogP contribution in [0.2, 0.25) is 0 Å². The van der Waals surface area contributed by atoms with Gasteiger partial charge in [0.1, 0.15) is 6.33 Å². The molecule has 0 radical (unpaired) electrons. The van der Waals surface area contributed by atoms with Gasteiger partial charge in [0, 0.05) is 36.2 Å². The molecule has 2 N–H and O–H groups in total. The van der Waals surface area contributed by atoms with Crippen LogP contribution in [0.5, 0.6) is 0 Å². The maximum Gasteiger partial charge on any atom is 0.234 e. The molecule has 1 aliphatic rings. The lowest BCUT2D eigenvalue weighted by Gasteiger charge is -2.19. The Morgan fingerprint density at radius 2 is 1.97 bits per heavy atom. The Morgan fingerprint density at radius 3 is 2.87 bits per heavy atom. The summed E-state index contributed by atoms with van der Waals surface area (Å²) in [4.78, 5) is 32.0. The van der Waals surface area contributed by atoms with Crippen LogP contribution in [-0.4, -0.2) is 50.9 Å². The first kappa shape index (κ1) is 19.9. The molecule has 3 aromatic rings. The molecule has 0 fully saturated rings. The maximum absolute atomic E-state index is 12.3. The Hall–Kier alpha value is -3.39. The van der Waals surface area contributed by atoms with E-state index in [0.29, 0.717) is 31.4 Å². The minimum absolute atomic E-state index is 0.0179. The van der Waals surface area contributed by atoms with Crippen LogP contribution >= 0.6 is 0 Å². The minimum atomic E-state index is 0.0179. The summed E-state index contributed by atoms with van der Waals surface area (Å²) in [5.74, 6) is 1.10. The van der Waals surface area contributed by atoms with Crippen molar-refractivity contribution in [3.8, 4) is 11.4 Å². The van der Waals surface area contributed by atoms with Crippen LogP contribution in [0.1, 0.15) is 23.2 Å². The number of carbonyl (C=O) groups is 1. The standard InChI is InChI=1S/C22H25N7O/c1-15-5-6-17-12-29(2)13-20(30)24-8-3-4-18-11-16(7-9-23-18)21-25-14-26-22(28-21)27-19(17)10-15/h5-7,9-11,14H,3-4,8,12-13H2,1-2H3,(H,24,30)(H,25,26,27,28). The van der Waals surface area contributed by atoms with Crippen molar-refractivity contribution in [2.45, 2.75) is 26.3 Å². The Kier molecular flexibility index (Phi) is 5.94. The number of benzene rings is 1. The monoisotopic (exact) mass is 403 g/mol. The van der Waals surface area contributed by atoms with E-state index in [9.17, 15) is 4.79 Å². The van der Waals surface area contributed by atoms with Gasteiger partial charge in [0.2, 0.25) is 11.9 Å². The van der Waals surface area contributed by atoms with Crippen molar-refractivity contribution in [3.63, 3.8) is 0 Å². The largest absolute Gasteiger partial charge is 0.355 e. The average Bonchev–Trinajstić information content (AvgIpc) is 2.73. The number of rotatable bonds is 0. The number of hydrogen-bond donors (Lipinski definition) is 2. The van der Waals surface area contributed by atoms with E-state index in [0.717, 1.165) is 40.9 Å². The lowest BCUT2D eigenvalue weighted by Crippen LogP contribution is -2.35. The zero-order chi connectivity index (χ0) is 20.9. The maximum atomic E-state index is 12.3. The number of anilines is 2. The van der Waals surface area contributed by atoms with Gasteiger partial charge in [0.05, 0.1) is 6.54 Å². The first-order valence-corrected chi connectivity index (χ1v) is 10.0. The number of amides is 1. The summed E-state index contributed by atoms with van der Waals surface area (Å²) in [5, 5.41) is 6.33. The molecular weight excluding hydrogens is 378 g/mol. The first-order valence-electron chi connectivity index (χ1n) is 10.0. The fourth-order valence-electron chi connectivity index (χ4n) is 3.46. The summed E-state index contributed by atoms with van der Waals surface area (Å²) in [6, 6.07) is 10.1. The zero-order valence-electron chi connectivity index (χ0n) is 17.2. The summed E-state index contributed by atoms with van der Waals surface area (Å²) in [6.07, 6.45) is 4.87. The van der Waals surface area contributed by atoms with Crippen LogP contribution in [0.15, 0.2) is 42.9 Å². The van der Waals surface area contributed by atoms with Crippen LogP contribution in [0.3, 0.4) is 0 Å². The summed E-state index contributed by atoms with van der Waals surface area (Å²) in [6.45, 7) is 3.61. The molecule has 3 heterocycles. The van der Waals surface area contributed by atoms with Crippen LogP contribution in [0, 0.1) is 6.92 Å². The number of nitrogens with zero attached hydrogens (tertiary/aromatic N) is 5. The van der Waals surface area contributed by atoms with Gasteiger partial charge < -0.3 is 10.6 Å². The van der Waals surface area contributed by atoms with Crippen molar-refractivity contribution in [1.82, 2.24) is 30.2 Å². The van der Waals surface area contributed by atoms with Crippen LogP contribution in [-0.2, 0) is 17.8 Å². The molecule has 8 heteroatoms. The summed E-state index contributed by atoms with van der Waals surface area (Å²) in [7, 11) is 1.94. The fourth-order valence-corrected chi connectivity index (χ4v) is 3.46. The lowest BCUT2D eigenvalue weighted by atomic mass is 10.1. The number of hydrogen-bond acceptors (Lipinski definition) is 7. The second kappa shape index (κ2) is 8.96. The molecule has 1 aromatic carbocycles. The Morgan fingerprint density at radius 1 is 1.07 bits per heavy atom. The van der Waals surface area contributed by atoms with E-state index in [1.165, 1.54) is 6.33 Å². The lowest BCUT2D eigenvalue weighted by molar-refractivity contribution is -0.122. The smallest absolute Gasteiger partial charge is 0.234 e. The highest BCUT2D eigenvalue weighted by Crippen LogP contribution is 2.23. The molecule has 1 aliphatic heterocycles. The van der Waals surface area contributed by atoms with Crippen molar-refractivity contribution >= 4 is 17.5 Å². The van der Waals surface area contributed by atoms with Crippen LogP contribution in [0.4, 0.5) is 11.6 Å². The normalized spacial score (nSPS) is 15.5. The SMILES string of the molecule is Cc1ccc2c(c1)Nc1ncnc(n1)-c1ccnc(c1)CCCNC(=O)CN(C)C2. The van der Waals surface area contributed by atoms with Crippen molar-refractivity contribution < 1.29 is 4.79 Å². The first-order chi connectivity index (χ1) is 14.6. The van der Waals surface area contributed by atoms with Gasteiger partial charge >= 0.3 is 0 Å². The van der Waals surface area contributed by atoms with Crippen molar-refractivity contribution in [3.05, 3.63) is 59.7 Å². The van der Waals surface area contributed by atoms with E-state index in [1.54, 1.807) is 6.20 Å². The van der Waals surface area contributed by atoms with E-state index < -0.39 is 0 Å². The summed E-state index contributed by atoms with van der Waals surface area (Å²) in [5.41, 5.74) is 4.94. The fraction of sp³-hybridized carbons (Fsp3) is 0.318. The predicted molar refractivity (Wildman–Crippen MR) is 115 cm³/mol.